The first-order valence-electron chi connectivity index (χ1n) is 7.64. The highest BCUT2D eigenvalue weighted by Crippen LogP contribution is 2.34. The number of hydrogen-bond donors (Lipinski definition) is 2. The van der Waals surface area contributed by atoms with Gasteiger partial charge in [-0.15, -0.1) is 0 Å². The summed E-state index contributed by atoms with van der Waals surface area (Å²) in [6.45, 7) is 8.95. The van der Waals surface area contributed by atoms with Crippen LogP contribution in [0.25, 0.3) is 0 Å². The molecule has 1 aliphatic rings. The minimum Gasteiger partial charge on any atom is -0.394 e. The van der Waals surface area contributed by atoms with E-state index in [1.165, 1.54) is 12.8 Å². The molecule has 1 aliphatic carbocycles. The summed E-state index contributed by atoms with van der Waals surface area (Å²) in [6, 6.07) is 0.731. The molecule has 3 heteroatoms. The fourth-order valence-electron chi connectivity index (χ4n) is 2.82. The fourth-order valence-corrected chi connectivity index (χ4v) is 2.82. The van der Waals surface area contributed by atoms with Gasteiger partial charge >= 0.3 is 0 Å². The molecule has 0 saturated heterocycles. The molecule has 0 bridgehead atoms. The van der Waals surface area contributed by atoms with E-state index in [-0.39, 0.29) is 12.1 Å². The monoisotopic (exact) mass is 256 g/mol. The lowest BCUT2D eigenvalue weighted by Gasteiger charge is -2.33. The van der Waals surface area contributed by atoms with Crippen molar-refractivity contribution in [3.63, 3.8) is 0 Å². The summed E-state index contributed by atoms with van der Waals surface area (Å²) in [4.78, 5) is 2.49. The summed E-state index contributed by atoms with van der Waals surface area (Å²) < 4.78 is 0. The van der Waals surface area contributed by atoms with Gasteiger partial charge in [-0.05, 0) is 65.1 Å². The molecular weight excluding hydrogens is 224 g/mol. The summed E-state index contributed by atoms with van der Waals surface area (Å²) in [5, 5.41) is 13.1. The van der Waals surface area contributed by atoms with Gasteiger partial charge in [0.2, 0.25) is 0 Å². The number of aliphatic hydroxyl groups is 1. The summed E-state index contributed by atoms with van der Waals surface area (Å²) in [5.74, 6) is 0.942. The summed E-state index contributed by atoms with van der Waals surface area (Å²) in [7, 11) is 2.24. The van der Waals surface area contributed by atoms with Crippen molar-refractivity contribution in [3.8, 4) is 0 Å². The second kappa shape index (κ2) is 7.46. The molecule has 0 aromatic heterocycles. The summed E-state index contributed by atoms with van der Waals surface area (Å²) in [5.41, 5.74) is -0.0571. The second-order valence-electron chi connectivity index (χ2n) is 5.98. The number of hydrogen-bond acceptors (Lipinski definition) is 3. The predicted octanol–water partition coefficient (Wildman–Crippen LogP) is 2.25. The van der Waals surface area contributed by atoms with Crippen molar-refractivity contribution in [2.45, 2.75) is 64.5 Å². The van der Waals surface area contributed by atoms with Crippen molar-refractivity contribution in [2.75, 3.05) is 26.7 Å². The van der Waals surface area contributed by atoms with Gasteiger partial charge in [0.25, 0.3) is 0 Å². The lowest BCUT2D eigenvalue weighted by Crippen LogP contribution is -2.48. The van der Waals surface area contributed by atoms with Gasteiger partial charge < -0.3 is 15.3 Å². The van der Waals surface area contributed by atoms with Crippen molar-refractivity contribution in [1.29, 1.82) is 0 Å². The van der Waals surface area contributed by atoms with Crippen LogP contribution in [0, 0.1) is 5.92 Å². The Morgan fingerprint density at radius 1 is 1.39 bits per heavy atom. The van der Waals surface area contributed by atoms with E-state index in [4.69, 9.17) is 0 Å². The van der Waals surface area contributed by atoms with E-state index in [1.807, 2.05) is 0 Å². The molecule has 2 N–H and O–H groups in total. The molecule has 0 aromatic carbocycles. The Hall–Kier alpha value is -0.120. The fraction of sp³-hybridized carbons (Fsp3) is 1.00. The molecule has 0 radical (unpaired) electrons. The third-order valence-electron chi connectivity index (χ3n) is 4.70. The average molecular weight is 256 g/mol. The van der Waals surface area contributed by atoms with Gasteiger partial charge in [0.1, 0.15) is 0 Å². The number of rotatable bonds is 10. The zero-order valence-corrected chi connectivity index (χ0v) is 12.7. The maximum atomic E-state index is 9.60. The van der Waals surface area contributed by atoms with Gasteiger partial charge in [0.05, 0.1) is 6.61 Å². The molecule has 2 unspecified atom stereocenters. The molecule has 0 spiro atoms. The minimum absolute atomic E-state index is 0.0571. The van der Waals surface area contributed by atoms with Crippen LogP contribution in [0.5, 0.6) is 0 Å². The quantitative estimate of drug-likeness (QED) is 0.629. The highest BCUT2D eigenvalue weighted by atomic mass is 16.3. The normalized spacial score (nSPS) is 21.0. The van der Waals surface area contributed by atoms with Crippen LogP contribution in [-0.4, -0.2) is 48.3 Å². The van der Waals surface area contributed by atoms with Crippen LogP contribution in [-0.2, 0) is 0 Å². The van der Waals surface area contributed by atoms with Gasteiger partial charge in [-0.2, -0.15) is 0 Å². The molecule has 3 nitrogen and oxygen atoms in total. The standard InChI is InChI=1S/C15H32N2O/c1-5-15(12-18,16-6-2)10-7-11-17(4)13(3)14-8-9-14/h13-14,16,18H,5-12H2,1-4H3. The van der Waals surface area contributed by atoms with Gasteiger partial charge in [-0.3, -0.25) is 0 Å². The lowest BCUT2D eigenvalue weighted by atomic mass is 9.91. The molecule has 18 heavy (non-hydrogen) atoms. The Morgan fingerprint density at radius 3 is 2.50 bits per heavy atom. The lowest BCUT2D eigenvalue weighted by molar-refractivity contribution is 0.137. The third kappa shape index (κ3) is 4.52. The topological polar surface area (TPSA) is 35.5 Å². The zero-order chi connectivity index (χ0) is 13.6. The van der Waals surface area contributed by atoms with Crippen LogP contribution in [0.2, 0.25) is 0 Å². The molecule has 0 amide bonds. The molecule has 1 fully saturated rings. The second-order valence-corrected chi connectivity index (χ2v) is 5.98. The van der Waals surface area contributed by atoms with E-state index in [9.17, 15) is 5.11 Å². The molecule has 108 valence electrons. The number of aliphatic hydroxyl groups excluding tert-OH is 1. The molecule has 0 aliphatic heterocycles. The van der Waals surface area contributed by atoms with E-state index < -0.39 is 0 Å². The van der Waals surface area contributed by atoms with E-state index in [1.54, 1.807) is 0 Å². The highest BCUT2D eigenvalue weighted by Gasteiger charge is 2.31. The largest absolute Gasteiger partial charge is 0.394 e. The van der Waals surface area contributed by atoms with Crippen molar-refractivity contribution >= 4 is 0 Å². The summed E-state index contributed by atoms with van der Waals surface area (Å²) in [6.07, 6.45) is 6.06. The molecule has 0 aromatic rings. The van der Waals surface area contributed by atoms with Crippen LogP contribution in [0.4, 0.5) is 0 Å². The van der Waals surface area contributed by atoms with E-state index in [0.717, 1.165) is 44.3 Å². The molecule has 0 heterocycles. The van der Waals surface area contributed by atoms with Gasteiger partial charge in [-0.25, -0.2) is 0 Å². The SMILES string of the molecule is CCNC(CC)(CO)CCCN(C)C(C)C1CC1. The Kier molecular flexibility index (Phi) is 6.61. The van der Waals surface area contributed by atoms with Gasteiger partial charge in [0, 0.05) is 11.6 Å². The molecule has 1 saturated carbocycles. The van der Waals surface area contributed by atoms with Crippen LogP contribution in [0.15, 0.2) is 0 Å². The Bertz CT molecular complexity index is 225. The van der Waals surface area contributed by atoms with Crippen molar-refractivity contribution < 1.29 is 5.11 Å². The van der Waals surface area contributed by atoms with E-state index in [2.05, 4.69) is 38.0 Å². The molecule has 1 rings (SSSR count). The average Bonchev–Trinajstić information content (AvgIpc) is 3.21. The highest BCUT2D eigenvalue weighted by molar-refractivity contribution is 4.87. The molecular formula is C15H32N2O. The summed E-state index contributed by atoms with van der Waals surface area (Å²) >= 11 is 0. The first-order chi connectivity index (χ1) is 8.58. The van der Waals surface area contributed by atoms with Crippen LogP contribution in [0.3, 0.4) is 0 Å². The maximum absolute atomic E-state index is 9.60. The number of nitrogens with zero attached hydrogens (tertiary/aromatic N) is 1. The van der Waals surface area contributed by atoms with Crippen molar-refractivity contribution in [2.24, 2.45) is 5.92 Å². The zero-order valence-electron chi connectivity index (χ0n) is 12.7. The predicted molar refractivity (Wildman–Crippen MR) is 77.8 cm³/mol. The van der Waals surface area contributed by atoms with Gasteiger partial charge in [-0.1, -0.05) is 13.8 Å². The smallest absolute Gasteiger partial charge is 0.0613 e. The number of likely N-dealkylation sites (N-methyl/N-ethyl adjacent to an activating group) is 1. The van der Waals surface area contributed by atoms with Crippen LogP contribution >= 0.6 is 0 Å². The Morgan fingerprint density at radius 2 is 2.06 bits per heavy atom. The molecule has 2 atom stereocenters. The minimum atomic E-state index is -0.0571. The van der Waals surface area contributed by atoms with Crippen molar-refractivity contribution in [3.05, 3.63) is 0 Å². The van der Waals surface area contributed by atoms with E-state index >= 15 is 0 Å². The maximum Gasteiger partial charge on any atom is 0.0613 e. The number of nitrogens with one attached hydrogen (secondary N) is 1. The van der Waals surface area contributed by atoms with Gasteiger partial charge in [0.15, 0.2) is 0 Å². The first kappa shape index (κ1) is 15.9. The van der Waals surface area contributed by atoms with Crippen LogP contribution in [0.1, 0.15) is 52.9 Å². The van der Waals surface area contributed by atoms with Crippen molar-refractivity contribution in [1.82, 2.24) is 10.2 Å². The first-order valence-corrected chi connectivity index (χ1v) is 7.64. The Balaban J connectivity index is 2.28. The van der Waals surface area contributed by atoms with E-state index in [0.29, 0.717) is 0 Å². The Labute approximate surface area is 113 Å². The third-order valence-corrected chi connectivity index (χ3v) is 4.70. The van der Waals surface area contributed by atoms with Crippen LogP contribution < -0.4 is 5.32 Å².